The predicted octanol–water partition coefficient (Wildman–Crippen LogP) is 3.42. The second-order valence-corrected chi connectivity index (χ2v) is 6.78. The Morgan fingerprint density at radius 2 is 2.00 bits per heavy atom. The third kappa shape index (κ3) is 3.48. The summed E-state index contributed by atoms with van der Waals surface area (Å²) in [4.78, 5) is 2.64. The number of nitrogens with zero attached hydrogens (tertiary/aromatic N) is 1. The molecule has 1 N–H and O–H groups in total. The van der Waals surface area contributed by atoms with Crippen LogP contribution in [0, 0.1) is 5.92 Å². The van der Waals surface area contributed by atoms with Gasteiger partial charge < -0.3 is 10.2 Å². The SMILES string of the molecule is CCC1(CCC2CCN(C(C)C)CC2)CCCN1. The van der Waals surface area contributed by atoms with Gasteiger partial charge in [0.1, 0.15) is 0 Å². The highest BCUT2D eigenvalue weighted by molar-refractivity contribution is 4.92. The van der Waals surface area contributed by atoms with Gasteiger partial charge in [-0.1, -0.05) is 6.92 Å². The van der Waals surface area contributed by atoms with Crippen LogP contribution in [0.25, 0.3) is 0 Å². The van der Waals surface area contributed by atoms with Crippen molar-refractivity contribution in [2.45, 2.75) is 77.3 Å². The van der Waals surface area contributed by atoms with Crippen molar-refractivity contribution in [3.05, 3.63) is 0 Å². The van der Waals surface area contributed by atoms with Gasteiger partial charge in [0.2, 0.25) is 0 Å². The van der Waals surface area contributed by atoms with Crippen LogP contribution in [0.5, 0.6) is 0 Å². The molecule has 0 saturated carbocycles. The van der Waals surface area contributed by atoms with E-state index >= 15 is 0 Å². The first-order chi connectivity index (χ1) is 8.65. The van der Waals surface area contributed by atoms with E-state index in [1.165, 1.54) is 64.6 Å². The summed E-state index contributed by atoms with van der Waals surface area (Å²) in [7, 11) is 0. The molecule has 2 aliphatic rings. The highest BCUT2D eigenvalue weighted by atomic mass is 15.1. The summed E-state index contributed by atoms with van der Waals surface area (Å²) in [5.74, 6) is 0.992. The molecule has 1 unspecified atom stereocenters. The summed E-state index contributed by atoms with van der Waals surface area (Å²) < 4.78 is 0. The van der Waals surface area contributed by atoms with Crippen molar-refractivity contribution in [1.29, 1.82) is 0 Å². The van der Waals surface area contributed by atoms with Crippen LogP contribution in [-0.4, -0.2) is 36.1 Å². The number of nitrogens with one attached hydrogen (secondary N) is 1. The molecule has 0 radical (unpaired) electrons. The van der Waals surface area contributed by atoms with Crippen molar-refractivity contribution in [2.75, 3.05) is 19.6 Å². The lowest BCUT2D eigenvalue weighted by atomic mass is 9.83. The van der Waals surface area contributed by atoms with Crippen LogP contribution in [0.15, 0.2) is 0 Å². The third-order valence-electron chi connectivity index (χ3n) is 5.42. The van der Waals surface area contributed by atoms with Crippen LogP contribution in [-0.2, 0) is 0 Å². The molecular weight excluding hydrogens is 220 g/mol. The zero-order chi connectivity index (χ0) is 13.0. The van der Waals surface area contributed by atoms with Crippen LogP contribution in [0.1, 0.15) is 65.7 Å². The van der Waals surface area contributed by atoms with Crippen molar-refractivity contribution >= 4 is 0 Å². The van der Waals surface area contributed by atoms with Crippen LogP contribution in [0.4, 0.5) is 0 Å². The Labute approximate surface area is 114 Å². The second kappa shape index (κ2) is 6.38. The summed E-state index contributed by atoms with van der Waals surface area (Å²) in [5.41, 5.74) is 0.509. The zero-order valence-electron chi connectivity index (χ0n) is 12.7. The lowest BCUT2D eigenvalue weighted by molar-refractivity contribution is 0.138. The van der Waals surface area contributed by atoms with Crippen molar-refractivity contribution in [1.82, 2.24) is 10.2 Å². The van der Waals surface area contributed by atoms with Crippen molar-refractivity contribution in [3.63, 3.8) is 0 Å². The number of likely N-dealkylation sites (tertiary alicyclic amines) is 1. The molecule has 2 heteroatoms. The fourth-order valence-corrected chi connectivity index (χ4v) is 3.80. The van der Waals surface area contributed by atoms with Crippen molar-refractivity contribution in [3.8, 4) is 0 Å². The highest BCUT2D eigenvalue weighted by Crippen LogP contribution is 2.32. The first kappa shape index (κ1) is 14.3. The van der Waals surface area contributed by atoms with E-state index in [2.05, 4.69) is 31.0 Å². The normalized spacial score (nSPS) is 31.3. The minimum atomic E-state index is 0.509. The predicted molar refractivity (Wildman–Crippen MR) is 78.9 cm³/mol. The molecule has 2 heterocycles. The molecular formula is C16H32N2. The molecule has 2 saturated heterocycles. The van der Waals surface area contributed by atoms with E-state index < -0.39 is 0 Å². The lowest BCUT2D eigenvalue weighted by Gasteiger charge is -2.36. The number of rotatable bonds is 5. The third-order valence-corrected chi connectivity index (χ3v) is 5.42. The van der Waals surface area contributed by atoms with Crippen LogP contribution < -0.4 is 5.32 Å². The fourth-order valence-electron chi connectivity index (χ4n) is 3.80. The minimum absolute atomic E-state index is 0.509. The summed E-state index contributed by atoms with van der Waals surface area (Å²) in [6.45, 7) is 10.9. The summed E-state index contributed by atoms with van der Waals surface area (Å²) in [6, 6.07) is 0.740. The van der Waals surface area contributed by atoms with Gasteiger partial charge in [0, 0.05) is 11.6 Å². The average molecular weight is 252 g/mol. The fraction of sp³-hybridized carbons (Fsp3) is 1.00. The molecule has 0 spiro atoms. The first-order valence-electron chi connectivity index (χ1n) is 8.14. The van der Waals surface area contributed by atoms with E-state index in [1.807, 2.05) is 0 Å². The van der Waals surface area contributed by atoms with Gasteiger partial charge in [0.25, 0.3) is 0 Å². The molecule has 18 heavy (non-hydrogen) atoms. The minimum Gasteiger partial charge on any atom is -0.311 e. The first-order valence-corrected chi connectivity index (χ1v) is 8.14. The van der Waals surface area contributed by atoms with Gasteiger partial charge in [-0.3, -0.25) is 0 Å². The molecule has 0 aromatic heterocycles. The number of hydrogen-bond donors (Lipinski definition) is 1. The van der Waals surface area contributed by atoms with E-state index in [-0.39, 0.29) is 0 Å². The maximum Gasteiger partial charge on any atom is 0.0179 e. The van der Waals surface area contributed by atoms with Gasteiger partial charge in [0.05, 0.1) is 0 Å². The van der Waals surface area contributed by atoms with Crippen LogP contribution in [0.2, 0.25) is 0 Å². The summed E-state index contributed by atoms with van der Waals surface area (Å²) >= 11 is 0. The van der Waals surface area contributed by atoms with Crippen molar-refractivity contribution in [2.24, 2.45) is 5.92 Å². The monoisotopic (exact) mass is 252 g/mol. The van der Waals surface area contributed by atoms with E-state index in [4.69, 9.17) is 0 Å². The Bertz CT molecular complexity index is 235. The molecule has 1 atom stereocenters. The van der Waals surface area contributed by atoms with Gasteiger partial charge in [-0.2, -0.15) is 0 Å². The molecule has 0 bridgehead atoms. The molecule has 106 valence electrons. The van der Waals surface area contributed by atoms with Crippen LogP contribution >= 0.6 is 0 Å². The molecule has 0 amide bonds. The Balaban J connectivity index is 1.71. The highest BCUT2D eigenvalue weighted by Gasteiger charge is 2.32. The molecule has 0 aromatic rings. The molecule has 2 aliphatic heterocycles. The standard InChI is InChI=1S/C16H32N2/c1-4-16(9-5-11-17-16)10-6-15-7-12-18(13-8-15)14(2)3/h14-15,17H,4-13H2,1-3H3. The summed E-state index contributed by atoms with van der Waals surface area (Å²) in [5, 5.41) is 3.78. The van der Waals surface area contributed by atoms with E-state index in [0.29, 0.717) is 5.54 Å². The molecule has 2 fully saturated rings. The zero-order valence-corrected chi connectivity index (χ0v) is 12.7. The quantitative estimate of drug-likeness (QED) is 0.806. The average Bonchev–Trinajstić information content (AvgIpc) is 2.86. The Morgan fingerprint density at radius 3 is 2.50 bits per heavy atom. The van der Waals surface area contributed by atoms with Gasteiger partial charge in [0.15, 0.2) is 0 Å². The second-order valence-electron chi connectivity index (χ2n) is 6.78. The van der Waals surface area contributed by atoms with E-state index in [1.54, 1.807) is 0 Å². The lowest BCUT2D eigenvalue weighted by Crippen LogP contribution is -2.41. The maximum absolute atomic E-state index is 3.78. The van der Waals surface area contributed by atoms with Gasteiger partial charge in [-0.05, 0) is 84.3 Å². The Kier molecular flexibility index (Phi) is 5.08. The van der Waals surface area contributed by atoms with Gasteiger partial charge in [-0.25, -0.2) is 0 Å². The summed E-state index contributed by atoms with van der Waals surface area (Å²) in [6.07, 6.45) is 9.84. The topological polar surface area (TPSA) is 15.3 Å². The Hall–Kier alpha value is -0.0800. The van der Waals surface area contributed by atoms with Gasteiger partial charge in [-0.15, -0.1) is 0 Å². The molecule has 2 rings (SSSR count). The molecule has 0 aromatic carbocycles. The van der Waals surface area contributed by atoms with E-state index in [0.717, 1.165) is 12.0 Å². The van der Waals surface area contributed by atoms with Gasteiger partial charge >= 0.3 is 0 Å². The smallest absolute Gasteiger partial charge is 0.0179 e. The van der Waals surface area contributed by atoms with Crippen LogP contribution in [0.3, 0.4) is 0 Å². The number of hydrogen-bond acceptors (Lipinski definition) is 2. The number of piperidine rings is 1. The largest absolute Gasteiger partial charge is 0.311 e. The molecule has 0 aliphatic carbocycles. The van der Waals surface area contributed by atoms with Crippen molar-refractivity contribution < 1.29 is 0 Å². The maximum atomic E-state index is 3.78. The Morgan fingerprint density at radius 1 is 1.28 bits per heavy atom. The van der Waals surface area contributed by atoms with E-state index in [9.17, 15) is 0 Å². The molecule has 2 nitrogen and oxygen atoms in total.